The van der Waals surface area contributed by atoms with Crippen LogP contribution in [0.2, 0.25) is 0 Å². The predicted molar refractivity (Wildman–Crippen MR) is 260 cm³/mol. The van der Waals surface area contributed by atoms with Crippen LogP contribution in [-0.2, 0) is 6.42 Å². The number of pyridine rings is 2. The number of aryl methyl sites for hydroxylation is 1. The molecule has 0 amide bonds. The fourth-order valence-corrected chi connectivity index (χ4v) is 9.20. The van der Waals surface area contributed by atoms with Gasteiger partial charge in [-0.15, -0.1) is 0 Å². The van der Waals surface area contributed by atoms with Crippen molar-refractivity contribution in [2.75, 3.05) is 0 Å². The molecule has 310 valence electrons. The van der Waals surface area contributed by atoms with Crippen molar-refractivity contribution in [1.82, 2.24) is 28.9 Å². The summed E-state index contributed by atoms with van der Waals surface area (Å²) in [6.45, 7) is 1.58. The molecule has 0 aliphatic carbocycles. The lowest BCUT2D eigenvalue weighted by Gasteiger charge is -2.23. The van der Waals surface area contributed by atoms with Gasteiger partial charge in [0.1, 0.15) is 23.3 Å². The first kappa shape index (κ1) is 39.8. The van der Waals surface area contributed by atoms with Crippen molar-refractivity contribution in [2.24, 2.45) is 0 Å². The predicted octanol–water partition coefficient (Wildman–Crippen LogP) is 6.71. The van der Waals surface area contributed by atoms with Crippen LogP contribution in [0.15, 0.2) is 191 Å². The average molecular weight is 851 g/mol. The molecule has 0 radical (unpaired) electrons. The molecule has 0 unspecified atom stereocenters. The van der Waals surface area contributed by atoms with E-state index in [-0.39, 0.29) is 22.9 Å². The maximum atomic E-state index is 11.8. The molecule has 10 nitrogen and oxygen atoms in total. The summed E-state index contributed by atoms with van der Waals surface area (Å²) >= 11 is 0. The zero-order chi connectivity index (χ0) is 44.6. The topological polar surface area (TPSA) is 135 Å². The molecule has 0 saturated carbocycles. The van der Waals surface area contributed by atoms with Crippen LogP contribution < -0.4 is 27.1 Å². The average Bonchev–Trinajstić information content (AvgIpc) is 4.14. The van der Waals surface area contributed by atoms with Crippen LogP contribution >= 0.6 is 0 Å². The number of hydrogen-bond acceptors (Lipinski definition) is 8. The van der Waals surface area contributed by atoms with E-state index < -0.39 is 6.85 Å². The molecule has 11 rings (SSSR count). The molecule has 0 aliphatic rings. The fourth-order valence-electron chi connectivity index (χ4n) is 9.20. The third-order valence-electron chi connectivity index (χ3n) is 12.1. The van der Waals surface area contributed by atoms with Crippen LogP contribution in [-0.4, -0.2) is 43.2 Å². The van der Waals surface area contributed by atoms with Crippen LogP contribution in [0.1, 0.15) is 28.6 Å². The highest BCUT2D eigenvalue weighted by Gasteiger charge is 2.35. The Labute approximate surface area is 380 Å². The molecule has 6 heterocycles. The van der Waals surface area contributed by atoms with E-state index in [9.17, 15) is 10.5 Å². The molecular formula is C54H36B2N8O2. The lowest BCUT2D eigenvalue weighted by Crippen LogP contribution is -2.53. The summed E-state index contributed by atoms with van der Waals surface area (Å²) in [7, 11) is 0.374. The lowest BCUT2D eigenvalue weighted by atomic mass is 9.50. The van der Waals surface area contributed by atoms with Crippen molar-refractivity contribution in [3.63, 3.8) is 0 Å². The summed E-state index contributed by atoms with van der Waals surface area (Å²) in [6.07, 6.45) is 3.75. The highest BCUT2D eigenvalue weighted by Crippen LogP contribution is 2.34. The number of rotatable bonds is 10. The number of fused-ring (bicyclic) bond motifs is 3. The second kappa shape index (κ2) is 16.9. The molecule has 0 atom stereocenters. The van der Waals surface area contributed by atoms with Gasteiger partial charge < -0.3 is 17.8 Å². The molecule has 0 spiro atoms. The largest absolute Gasteiger partial charge is 0.434 e. The van der Waals surface area contributed by atoms with E-state index in [4.69, 9.17) is 18.8 Å². The van der Waals surface area contributed by atoms with E-state index in [1.165, 1.54) is 0 Å². The zero-order valence-corrected chi connectivity index (χ0v) is 35.7. The van der Waals surface area contributed by atoms with E-state index in [1.54, 1.807) is 36.7 Å². The third kappa shape index (κ3) is 6.94. The maximum Gasteiger partial charge on any atom is 0.328 e. The third-order valence-corrected chi connectivity index (χ3v) is 12.1. The van der Waals surface area contributed by atoms with Crippen molar-refractivity contribution in [2.45, 2.75) is 13.3 Å². The zero-order valence-electron chi connectivity index (χ0n) is 35.7. The van der Waals surface area contributed by atoms with Gasteiger partial charge in [0.05, 0.1) is 10.7 Å². The molecule has 0 fully saturated rings. The summed E-state index contributed by atoms with van der Waals surface area (Å²) < 4.78 is 17.5. The standard InChI is InChI=1S/C54H36B2N8O2/c1-35-18-14-15-27-40(35)49-47-46(50(42(34-58)54-62-52-45(66-54)29-17-31-60-52)64(49)56(38-23-10-4-11-24-38)39-25-12-5-13-26-39)43(32-36-19-6-2-7-20-36)63(55-37-21-8-3-9-22-37)48(47)41(33-57)53-61-51-44(65-53)28-16-30-59-51/h2-31,55H,32H2,1H3/b48-41-,50-42-. The van der Waals surface area contributed by atoms with E-state index in [0.717, 1.165) is 55.2 Å². The Balaban J connectivity index is 1.47. The maximum absolute atomic E-state index is 11.8. The first-order valence-corrected chi connectivity index (χ1v) is 21.6. The van der Waals surface area contributed by atoms with Crippen molar-refractivity contribution in [3.8, 4) is 23.4 Å². The summed E-state index contributed by atoms with van der Waals surface area (Å²) in [5, 5.41) is 26.1. The number of benzene rings is 5. The van der Waals surface area contributed by atoms with Crippen molar-refractivity contribution in [1.29, 1.82) is 10.5 Å². The van der Waals surface area contributed by atoms with Gasteiger partial charge in [0.15, 0.2) is 22.5 Å². The Kier molecular flexibility index (Phi) is 10.2. The van der Waals surface area contributed by atoms with Crippen molar-refractivity contribution < 1.29 is 8.83 Å². The van der Waals surface area contributed by atoms with Crippen LogP contribution in [0.25, 0.3) is 55.6 Å². The van der Waals surface area contributed by atoms with Gasteiger partial charge in [-0.05, 0) is 42.3 Å². The number of nitrogens with zero attached hydrogens (tertiary/aromatic N) is 8. The quantitative estimate of drug-likeness (QED) is 0.139. The lowest BCUT2D eigenvalue weighted by molar-refractivity contribution is 0.585. The molecule has 11 aromatic rings. The van der Waals surface area contributed by atoms with Crippen molar-refractivity contribution in [3.05, 3.63) is 222 Å². The Hall–Kier alpha value is -8.99. The van der Waals surface area contributed by atoms with Gasteiger partial charge in [0.25, 0.3) is 7.41 Å². The Morgan fingerprint density at radius 2 is 1.11 bits per heavy atom. The smallest absolute Gasteiger partial charge is 0.328 e. The number of nitriles is 2. The van der Waals surface area contributed by atoms with Gasteiger partial charge in [0.2, 0.25) is 11.8 Å². The van der Waals surface area contributed by atoms with Gasteiger partial charge in [-0.3, -0.25) is 0 Å². The monoisotopic (exact) mass is 850 g/mol. The molecule has 6 aromatic heterocycles. The molecular weight excluding hydrogens is 814 g/mol. The highest BCUT2D eigenvalue weighted by atomic mass is 16.4. The summed E-state index contributed by atoms with van der Waals surface area (Å²) in [5.41, 5.74) is 9.64. The molecule has 0 N–H and O–H groups in total. The van der Waals surface area contributed by atoms with Gasteiger partial charge in [-0.2, -0.15) is 20.5 Å². The molecule has 5 aromatic carbocycles. The van der Waals surface area contributed by atoms with Crippen LogP contribution in [0.5, 0.6) is 0 Å². The molecule has 0 aliphatic heterocycles. The normalized spacial score (nSPS) is 12.2. The number of aromatic nitrogens is 6. The molecule has 66 heavy (non-hydrogen) atoms. The van der Waals surface area contributed by atoms with E-state index >= 15 is 0 Å². The van der Waals surface area contributed by atoms with Crippen molar-refractivity contribution >= 4 is 75.0 Å². The van der Waals surface area contributed by atoms with E-state index in [2.05, 4.69) is 98.7 Å². The fraction of sp³-hybridized carbons (Fsp3) is 0.0370. The van der Waals surface area contributed by atoms with Crippen LogP contribution in [0.4, 0.5) is 0 Å². The first-order chi connectivity index (χ1) is 32.6. The first-order valence-electron chi connectivity index (χ1n) is 21.6. The van der Waals surface area contributed by atoms with Gasteiger partial charge in [-0.25, -0.2) is 9.97 Å². The minimum Gasteiger partial charge on any atom is -0.434 e. The van der Waals surface area contributed by atoms with Gasteiger partial charge in [-0.1, -0.05) is 162 Å². The minimum atomic E-state index is -0.505. The minimum absolute atomic E-state index is 0.126. The number of oxazole rings is 2. The second-order valence-electron chi connectivity index (χ2n) is 16.0. The molecule has 0 saturated heterocycles. The van der Waals surface area contributed by atoms with E-state index in [0.29, 0.717) is 47.0 Å². The second-order valence-corrected chi connectivity index (χ2v) is 16.0. The van der Waals surface area contributed by atoms with Crippen LogP contribution in [0, 0.1) is 29.6 Å². The molecule has 0 bridgehead atoms. The van der Waals surface area contributed by atoms with Crippen LogP contribution in [0.3, 0.4) is 0 Å². The Bertz CT molecular complexity index is 3710. The Morgan fingerprint density at radius 1 is 0.591 bits per heavy atom. The summed E-state index contributed by atoms with van der Waals surface area (Å²) in [5.74, 6) is 0.258. The number of hydrogen-bond donors (Lipinski definition) is 0. The van der Waals surface area contributed by atoms with Gasteiger partial charge >= 0.3 is 6.85 Å². The van der Waals surface area contributed by atoms with Gasteiger partial charge in [0, 0.05) is 46.5 Å². The highest BCUT2D eigenvalue weighted by molar-refractivity contribution is 6.84. The summed E-state index contributed by atoms with van der Waals surface area (Å²) in [4.78, 5) is 18.8. The SMILES string of the molecule is Cc1ccccc1-c1c2/c(=C(\C#N)c3nc4ncccc4o3)n(Bc3ccccc3)c(Cc3ccccc3)c2/c(=C(\C#N)c2nc3ncccc3o2)n1B(c1ccccc1)c1ccccc1. The van der Waals surface area contributed by atoms with E-state index in [1.807, 2.05) is 84.9 Å². The molecule has 12 heteroatoms. The summed E-state index contributed by atoms with van der Waals surface area (Å²) in [6, 6.07) is 61.7. The Morgan fingerprint density at radius 3 is 1.65 bits per heavy atom.